The smallest absolute Gasteiger partial charge is 0.320 e. The fraction of sp³-hybridized carbons (Fsp3) is 0.333. The summed E-state index contributed by atoms with van der Waals surface area (Å²) < 4.78 is 7.29. The van der Waals surface area contributed by atoms with Crippen molar-refractivity contribution in [2.24, 2.45) is 0 Å². The fourth-order valence-electron chi connectivity index (χ4n) is 2.64. The lowest BCUT2D eigenvalue weighted by Crippen LogP contribution is -2.33. The molecule has 1 aromatic heterocycles. The van der Waals surface area contributed by atoms with Gasteiger partial charge in [0.1, 0.15) is 11.4 Å². The number of carbonyl (C=O) groups excluding carboxylic acids is 1. The molecule has 2 N–H and O–H groups in total. The third-order valence-corrected chi connectivity index (χ3v) is 3.54. The van der Waals surface area contributed by atoms with Gasteiger partial charge in [0.2, 0.25) is 0 Å². The van der Waals surface area contributed by atoms with Crippen molar-refractivity contribution in [3.8, 4) is 11.4 Å². The summed E-state index contributed by atoms with van der Waals surface area (Å²) in [4.78, 5) is 11.5. The molecule has 0 aliphatic carbocycles. The maximum absolute atomic E-state index is 11.5. The number of amides is 2. The van der Waals surface area contributed by atoms with Crippen molar-refractivity contribution in [1.82, 2.24) is 15.1 Å². The zero-order valence-corrected chi connectivity index (χ0v) is 12.3. The number of anilines is 1. The van der Waals surface area contributed by atoms with Crippen molar-refractivity contribution in [3.05, 3.63) is 35.5 Å². The minimum Gasteiger partial charge on any atom is -0.494 e. The van der Waals surface area contributed by atoms with Crippen molar-refractivity contribution in [3.63, 3.8) is 0 Å². The Morgan fingerprint density at radius 2 is 2.10 bits per heavy atom. The molecular weight excluding hydrogens is 268 g/mol. The van der Waals surface area contributed by atoms with Gasteiger partial charge in [0.15, 0.2) is 5.82 Å². The number of nitrogens with zero attached hydrogens (tertiary/aromatic N) is 2. The minimum atomic E-state index is -0.220. The third kappa shape index (κ3) is 2.22. The number of carbonyl (C=O) groups is 1. The molecule has 21 heavy (non-hydrogen) atoms. The lowest BCUT2D eigenvalue weighted by Gasteiger charge is -2.16. The number of urea groups is 1. The Labute approximate surface area is 123 Å². The van der Waals surface area contributed by atoms with Crippen LogP contribution < -0.4 is 15.4 Å². The van der Waals surface area contributed by atoms with Gasteiger partial charge in [0, 0.05) is 5.56 Å². The lowest BCUT2D eigenvalue weighted by molar-refractivity contribution is 0.250. The van der Waals surface area contributed by atoms with Crippen LogP contribution in [-0.4, -0.2) is 22.9 Å². The van der Waals surface area contributed by atoms with Crippen LogP contribution >= 0.6 is 0 Å². The molecule has 6 heteroatoms. The highest BCUT2D eigenvalue weighted by molar-refractivity contribution is 5.91. The van der Waals surface area contributed by atoms with Gasteiger partial charge in [-0.3, -0.25) is 5.32 Å². The molecular formula is C15H18N4O2. The number of fused-ring (bicyclic) bond motifs is 1. The average molecular weight is 286 g/mol. The van der Waals surface area contributed by atoms with E-state index in [4.69, 9.17) is 4.74 Å². The monoisotopic (exact) mass is 286 g/mol. The Morgan fingerprint density at radius 3 is 2.81 bits per heavy atom. The Hall–Kier alpha value is -2.50. The molecule has 0 bridgehead atoms. The summed E-state index contributed by atoms with van der Waals surface area (Å²) in [6.45, 7) is 4.71. The van der Waals surface area contributed by atoms with Crippen molar-refractivity contribution in [1.29, 1.82) is 0 Å². The van der Waals surface area contributed by atoms with E-state index in [1.54, 1.807) is 7.11 Å². The quantitative estimate of drug-likeness (QED) is 0.911. The molecule has 2 amide bonds. The number of methoxy groups -OCH3 is 1. The number of rotatable bonds is 3. The predicted octanol–water partition coefficient (Wildman–Crippen LogP) is 2.64. The van der Waals surface area contributed by atoms with Crippen LogP contribution in [0.2, 0.25) is 0 Å². The van der Waals surface area contributed by atoms with Crippen molar-refractivity contribution in [2.45, 2.75) is 26.3 Å². The molecule has 1 aliphatic rings. The highest BCUT2D eigenvalue weighted by Crippen LogP contribution is 2.33. The van der Waals surface area contributed by atoms with E-state index >= 15 is 0 Å². The number of hydrogen-bond acceptors (Lipinski definition) is 3. The van der Waals surface area contributed by atoms with E-state index in [0.29, 0.717) is 12.4 Å². The summed E-state index contributed by atoms with van der Waals surface area (Å²) in [5.74, 6) is 1.63. The van der Waals surface area contributed by atoms with Crippen LogP contribution in [-0.2, 0) is 6.54 Å². The highest BCUT2D eigenvalue weighted by atomic mass is 16.5. The van der Waals surface area contributed by atoms with Crippen LogP contribution in [0.1, 0.15) is 31.0 Å². The number of aromatic nitrogens is 2. The van der Waals surface area contributed by atoms with Crippen LogP contribution in [0, 0.1) is 0 Å². The van der Waals surface area contributed by atoms with E-state index < -0.39 is 0 Å². The molecule has 1 aromatic carbocycles. The average Bonchev–Trinajstić information content (AvgIpc) is 2.85. The first-order valence-corrected chi connectivity index (χ1v) is 6.92. The van der Waals surface area contributed by atoms with Gasteiger partial charge in [-0.2, -0.15) is 0 Å². The van der Waals surface area contributed by atoms with Crippen molar-refractivity contribution >= 4 is 11.8 Å². The molecule has 0 unspecified atom stereocenters. The molecule has 6 nitrogen and oxygen atoms in total. The fourth-order valence-corrected chi connectivity index (χ4v) is 2.64. The third-order valence-electron chi connectivity index (χ3n) is 3.54. The maximum atomic E-state index is 11.5. The van der Waals surface area contributed by atoms with E-state index in [2.05, 4.69) is 29.6 Å². The summed E-state index contributed by atoms with van der Waals surface area (Å²) in [6.07, 6.45) is 0. The second-order valence-electron chi connectivity index (χ2n) is 5.26. The second-order valence-corrected chi connectivity index (χ2v) is 5.26. The summed E-state index contributed by atoms with van der Waals surface area (Å²) >= 11 is 0. The van der Waals surface area contributed by atoms with Crippen LogP contribution in [0.25, 0.3) is 5.69 Å². The van der Waals surface area contributed by atoms with Crippen molar-refractivity contribution in [2.75, 3.05) is 12.4 Å². The van der Waals surface area contributed by atoms with Gasteiger partial charge in [-0.05, 0) is 18.1 Å². The SMILES string of the molecule is COc1ccccc1-n1nc2c(c1C(C)C)CNC(=O)N2. The zero-order valence-electron chi connectivity index (χ0n) is 12.3. The number of para-hydroxylation sites is 2. The molecule has 2 heterocycles. The van der Waals surface area contributed by atoms with E-state index in [-0.39, 0.29) is 11.9 Å². The number of hydrogen-bond donors (Lipinski definition) is 2. The molecule has 0 atom stereocenters. The summed E-state index contributed by atoms with van der Waals surface area (Å²) in [5, 5.41) is 10.1. The van der Waals surface area contributed by atoms with Gasteiger partial charge in [-0.25, -0.2) is 9.48 Å². The van der Waals surface area contributed by atoms with Gasteiger partial charge in [-0.15, -0.1) is 5.10 Å². The number of ether oxygens (including phenoxy) is 1. The summed E-state index contributed by atoms with van der Waals surface area (Å²) in [6, 6.07) is 7.50. The molecule has 3 rings (SSSR count). The molecule has 0 saturated carbocycles. The first kappa shape index (κ1) is 13.5. The number of nitrogens with one attached hydrogen (secondary N) is 2. The van der Waals surface area contributed by atoms with Gasteiger partial charge < -0.3 is 10.1 Å². The van der Waals surface area contributed by atoms with Gasteiger partial charge in [0.05, 0.1) is 19.3 Å². The van der Waals surface area contributed by atoms with Gasteiger partial charge in [-0.1, -0.05) is 26.0 Å². The summed E-state index contributed by atoms with van der Waals surface area (Å²) in [5.41, 5.74) is 2.96. The topological polar surface area (TPSA) is 68.2 Å². The van der Waals surface area contributed by atoms with Crippen LogP contribution in [0.5, 0.6) is 5.75 Å². The Bertz CT molecular complexity index is 691. The zero-order chi connectivity index (χ0) is 15.0. The summed E-state index contributed by atoms with van der Waals surface area (Å²) in [7, 11) is 1.64. The van der Waals surface area contributed by atoms with E-state index in [9.17, 15) is 4.79 Å². The molecule has 1 aliphatic heterocycles. The van der Waals surface area contributed by atoms with Crippen LogP contribution in [0.15, 0.2) is 24.3 Å². The Morgan fingerprint density at radius 1 is 1.33 bits per heavy atom. The maximum Gasteiger partial charge on any atom is 0.320 e. The second kappa shape index (κ2) is 5.12. The van der Waals surface area contributed by atoms with E-state index in [0.717, 1.165) is 22.7 Å². The normalized spacial score (nSPS) is 13.6. The number of benzene rings is 1. The standard InChI is InChI=1S/C15H18N4O2/c1-9(2)13-10-8-16-15(20)17-14(10)18-19(13)11-6-4-5-7-12(11)21-3/h4-7,9H,8H2,1-3H3,(H2,16,17,18,20). The van der Waals surface area contributed by atoms with E-state index in [1.807, 2.05) is 28.9 Å². The minimum absolute atomic E-state index is 0.220. The van der Waals surface area contributed by atoms with Crippen molar-refractivity contribution < 1.29 is 9.53 Å². The molecule has 110 valence electrons. The Balaban J connectivity index is 2.21. The molecule has 0 fully saturated rings. The van der Waals surface area contributed by atoms with Gasteiger partial charge >= 0.3 is 6.03 Å². The van der Waals surface area contributed by atoms with Crippen LogP contribution in [0.4, 0.5) is 10.6 Å². The first-order valence-electron chi connectivity index (χ1n) is 6.92. The van der Waals surface area contributed by atoms with Gasteiger partial charge in [0.25, 0.3) is 0 Å². The van der Waals surface area contributed by atoms with Crippen LogP contribution in [0.3, 0.4) is 0 Å². The highest BCUT2D eigenvalue weighted by Gasteiger charge is 2.26. The first-order chi connectivity index (χ1) is 10.1. The molecule has 0 radical (unpaired) electrons. The molecule has 0 spiro atoms. The molecule has 0 saturated heterocycles. The van der Waals surface area contributed by atoms with E-state index in [1.165, 1.54) is 0 Å². The molecule has 2 aromatic rings. The Kier molecular flexibility index (Phi) is 3.29. The largest absolute Gasteiger partial charge is 0.494 e. The predicted molar refractivity (Wildman–Crippen MR) is 80.1 cm³/mol. The lowest BCUT2D eigenvalue weighted by atomic mass is 10.0.